The number of amides is 1. The number of carbonyl (C=O) groups excluding carboxylic acids is 2. The first-order chi connectivity index (χ1) is 12.3. The minimum Gasteiger partial charge on any atom is -0.428 e. The van der Waals surface area contributed by atoms with Crippen LogP contribution in [0.2, 0.25) is 0 Å². The van der Waals surface area contributed by atoms with E-state index in [2.05, 4.69) is 21.2 Å². The molecule has 1 aromatic rings. The van der Waals surface area contributed by atoms with Crippen LogP contribution in [0.15, 0.2) is 22.4 Å². The van der Waals surface area contributed by atoms with Crippen LogP contribution in [0.25, 0.3) is 5.57 Å². The summed E-state index contributed by atoms with van der Waals surface area (Å²) in [7, 11) is 1.71. The van der Waals surface area contributed by atoms with Gasteiger partial charge in [-0.2, -0.15) is 0 Å². The van der Waals surface area contributed by atoms with E-state index in [1.165, 1.54) is 6.92 Å². The molecule has 3 rings (SSSR count). The van der Waals surface area contributed by atoms with Crippen LogP contribution in [0.4, 0.5) is 0 Å². The van der Waals surface area contributed by atoms with Gasteiger partial charge in [0.2, 0.25) is 0 Å². The van der Waals surface area contributed by atoms with Crippen molar-refractivity contribution in [3.63, 3.8) is 0 Å². The maximum absolute atomic E-state index is 13.0. The quantitative estimate of drug-likeness (QED) is 0.753. The highest BCUT2D eigenvalue weighted by Crippen LogP contribution is 2.45. The van der Waals surface area contributed by atoms with E-state index >= 15 is 0 Å². The molecular weight excluding hydrogens is 398 g/mol. The van der Waals surface area contributed by atoms with Gasteiger partial charge in [-0.1, -0.05) is 22.0 Å². The van der Waals surface area contributed by atoms with E-state index in [0.29, 0.717) is 24.2 Å². The fraction of sp³-hybridized carbons (Fsp3) is 0.500. The molecule has 1 heterocycles. The maximum atomic E-state index is 13.0. The van der Waals surface area contributed by atoms with Gasteiger partial charge < -0.3 is 14.8 Å². The lowest BCUT2D eigenvalue weighted by Gasteiger charge is -2.37. The SMILES string of the molecule is COC1CCC2(CC1)NC(=O)C(c1c(C)cc(C)cc1Br)=C2OC(C)=O. The molecule has 1 fully saturated rings. The number of benzene rings is 1. The first-order valence-corrected chi connectivity index (χ1v) is 9.62. The van der Waals surface area contributed by atoms with Crippen molar-refractivity contribution in [3.8, 4) is 0 Å². The normalized spacial score (nSPS) is 25.6. The van der Waals surface area contributed by atoms with Crippen molar-refractivity contribution in [2.24, 2.45) is 0 Å². The number of methoxy groups -OCH3 is 1. The van der Waals surface area contributed by atoms with Gasteiger partial charge in [0.05, 0.1) is 17.2 Å². The number of aryl methyl sites for hydroxylation is 2. The Kier molecular flexibility index (Phi) is 5.26. The van der Waals surface area contributed by atoms with Gasteiger partial charge in [-0.3, -0.25) is 9.59 Å². The number of halogens is 1. The number of nitrogens with one attached hydrogen (secondary N) is 1. The Hall–Kier alpha value is -1.66. The molecule has 1 saturated carbocycles. The summed E-state index contributed by atoms with van der Waals surface area (Å²) in [6, 6.07) is 4.00. The van der Waals surface area contributed by atoms with Gasteiger partial charge in [0.15, 0.2) is 0 Å². The highest BCUT2D eigenvalue weighted by molar-refractivity contribution is 9.10. The van der Waals surface area contributed by atoms with Crippen molar-refractivity contribution in [2.75, 3.05) is 7.11 Å². The van der Waals surface area contributed by atoms with Crippen LogP contribution in [0.5, 0.6) is 0 Å². The Morgan fingerprint density at radius 3 is 2.46 bits per heavy atom. The number of rotatable bonds is 3. The van der Waals surface area contributed by atoms with Gasteiger partial charge in [-0.25, -0.2) is 0 Å². The van der Waals surface area contributed by atoms with Crippen LogP contribution in [0.3, 0.4) is 0 Å². The van der Waals surface area contributed by atoms with Gasteiger partial charge in [-0.15, -0.1) is 0 Å². The Bertz CT molecular complexity index is 768. The van der Waals surface area contributed by atoms with E-state index in [4.69, 9.17) is 9.47 Å². The van der Waals surface area contributed by atoms with Gasteiger partial charge in [0.1, 0.15) is 5.76 Å². The van der Waals surface area contributed by atoms with E-state index in [1.807, 2.05) is 26.0 Å². The van der Waals surface area contributed by atoms with Gasteiger partial charge >= 0.3 is 5.97 Å². The second-order valence-electron chi connectivity index (χ2n) is 7.21. The summed E-state index contributed by atoms with van der Waals surface area (Å²) >= 11 is 3.59. The molecule has 2 aliphatic rings. The number of esters is 1. The summed E-state index contributed by atoms with van der Waals surface area (Å²) in [4.78, 5) is 24.8. The second kappa shape index (κ2) is 7.16. The lowest BCUT2D eigenvalue weighted by Crippen LogP contribution is -2.49. The number of hydrogen-bond donors (Lipinski definition) is 1. The smallest absolute Gasteiger partial charge is 0.307 e. The molecule has 26 heavy (non-hydrogen) atoms. The van der Waals surface area contributed by atoms with E-state index < -0.39 is 11.5 Å². The van der Waals surface area contributed by atoms with E-state index in [1.54, 1.807) is 7.11 Å². The predicted octanol–water partition coefficient (Wildman–Crippen LogP) is 3.80. The zero-order chi connectivity index (χ0) is 19.1. The van der Waals surface area contributed by atoms with Gasteiger partial charge in [0.25, 0.3) is 5.91 Å². The van der Waals surface area contributed by atoms with Crippen molar-refractivity contribution in [3.05, 3.63) is 39.1 Å². The van der Waals surface area contributed by atoms with Crippen molar-refractivity contribution in [1.82, 2.24) is 5.32 Å². The molecule has 6 heteroatoms. The Labute approximate surface area is 162 Å². The highest BCUT2D eigenvalue weighted by atomic mass is 79.9. The van der Waals surface area contributed by atoms with Crippen LogP contribution < -0.4 is 5.32 Å². The van der Waals surface area contributed by atoms with Crippen molar-refractivity contribution >= 4 is 33.4 Å². The first kappa shape index (κ1) is 19.1. The lowest BCUT2D eigenvalue weighted by molar-refractivity contribution is -0.138. The zero-order valence-electron chi connectivity index (χ0n) is 15.6. The standard InChI is InChI=1S/C20H24BrNO4/c1-11-9-12(2)16(15(21)10-11)17-18(26-13(3)23)20(22-19(17)24)7-5-14(25-4)6-8-20/h9-10,14H,5-8H2,1-4H3,(H,22,24). The molecule has 1 aromatic carbocycles. The summed E-state index contributed by atoms with van der Waals surface area (Å²) in [6.07, 6.45) is 3.16. The van der Waals surface area contributed by atoms with Crippen LogP contribution in [-0.4, -0.2) is 30.6 Å². The summed E-state index contributed by atoms with van der Waals surface area (Å²) in [6.45, 7) is 5.34. The molecule has 5 nitrogen and oxygen atoms in total. The molecule has 0 saturated heterocycles. The third-order valence-electron chi connectivity index (χ3n) is 5.29. The Morgan fingerprint density at radius 1 is 1.27 bits per heavy atom. The topological polar surface area (TPSA) is 64.6 Å². The van der Waals surface area contributed by atoms with E-state index in [-0.39, 0.29) is 12.0 Å². The van der Waals surface area contributed by atoms with E-state index in [0.717, 1.165) is 34.0 Å². The highest BCUT2D eigenvalue weighted by Gasteiger charge is 2.50. The molecule has 0 unspecified atom stereocenters. The molecule has 0 radical (unpaired) electrons. The van der Waals surface area contributed by atoms with Crippen molar-refractivity contribution < 1.29 is 19.1 Å². The molecule has 1 aliphatic heterocycles. The molecule has 1 amide bonds. The third-order valence-corrected chi connectivity index (χ3v) is 5.91. The summed E-state index contributed by atoms with van der Waals surface area (Å²) in [5.41, 5.74) is 2.68. The molecular formula is C20H24BrNO4. The number of hydrogen-bond acceptors (Lipinski definition) is 4. The minimum absolute atomic E-state index is 0.174. The summed E-state index contributed by atoms with van der Waals surface area (Å²) in [5, 5.41) is 3.12. The van der Waals surface area contributed by atoms with Gasteiger partial charge in [0, 0.05) is 24.1 Å². The predicted molar refractivity (Wildman–Crippen MR) is 102 cm³/mol. The number of ether oxygens (including phenoxy) is 2. The first-order valence-electron chi connectivity index (χ1n) is 8.83. The number of carbonyl (C=O) groups is 2. The third kappa shape index (κ3) is 3.32. The van der Waals surface area contributed by atoms with Crippen molar-refractivity contribution in [1.29, 1.82) is 0 Å². The average molecular weight is 422 g/mol. The maximum Gasteiger partial charge on any atom is 0.307 e. The second-order valence-corrected chi connectivity index (χ2v) is 8.06. The molecule has 1 aliphatic carbocycles. The average Bonchev–Trinajstić information content (AvgIpc) is 2.79. The Morgan fingerprint density at radius 2 is 1.92 bits per heavy atom. The molecule has 0 atom stereocenters. The molecule has 0 aromatic heterocycles. The van der Waals surface area contributed by atoms with Crippen molar-refractivity contribution in [2.45, 2.75) is 58.1 Å². The fourth-order valence-corrected chi connectivity index (χ4v) is 4.97. The summed E-state index contributed by atoms with van der Waals surface area (Å²) < 4.78 is 11.9. The molecule has 140 valence electrons. The zero-order valence-corrected chi connectivity index (χ0v) is 17.2. The molecule has 1 spiro atoms. The monoisotopic (exact) mass is 421 g/mol. The van der Waals surface area contributed by atoms with Crippen LogP contribution in [-0.2, 0) is 19.1 Å². The van der Waals surface area contributed by atoms with Gasteiger partial charge in [-0.05, 0) is 56.7 Å². The molecule has 0 bridgehead atoms. The lowest BCUT2D eigenvalue weighted by atomic mass is 9.79. The van der Waals surface area contributed by atoms with Crippen LogP contribution in [0, 0.1) is 13.8 Å². The minimum atomic E-state index is -0.635. The van der Waals surface area contributed by atoms with Crippen LogP contribution in [0.1, 0.15) is 49.3 Å². The Balaban J connectivity index is 2.15. The fourth-order valence-electron chi connectivity index (χ4n) is 4.10. The summed E-state index contributed by atoms with van der Waals surface area (Å²) in [5.74, 6) is -0.148. The molecule has 1 N–H and O–H groups in total. The van der Waals surface area contributed by atoms with Crippen LogP contribution >= 0.6 is 15.9 Å². The van der Waals surface area contributed by atoms with E-state index in [9.17, 15) is 9.59 Å². The largest absolute Gasteiger partial charge is 0.428 e.